The molecule has 22 heavy (non-hydrogen) atoms. The second kappa shape index (κ2) is 6.18. The molecule has 0 heterocycles. The lowest BCUT2D eigenvalue weighted by atomic mass is 9.87. The monoisotopic (exact) mass is 302 g/mol. The van der Waals surface area contributed by atoms with Crippen LogP contribution in [0.2, 0.25) is 0 Å². The van der Waals surface area contributed by atoms with Gasteiger partial charge in [-0.1, -0.05) is 32.9 Å². The zero-order chi connectivity index (χ0) is 16.3. The zero-order valence-corrected chi connectivity index (χ0v) is 13.1. The predicted octanol–water partition coefficient (Wildman–Crippen LogP) is 4.70. The van der Waals surface area contributed by atoms with Gasteiger partial charge >= 0.3 is 5.97 Å². The molecule has 0 aliphatic rings. The second-order valence-electron chi connectivity index (χ2n) is 6.01. The maximum atomic E-state index is 14.0. The van der Waals surface area contributed by atoms with Gasteiger partial charge in [-0.25, -0.2) is 9.18 Å². The topological polar surface area (TPSA) is 35.5 Å². The van der Waals surface area contributed by atoms with Crippen LogP contribution in [-0.2, 0) is 10.2 Å². The molecule has 0 atom stereocenters. The van der Waals surface area contributed by atoms with Crippen LogP contribution in [0, 0.1) is 5.82 Å². The first-order valence-electron chi connectivity index (χ1n) is 6.97. The molecule has 0 fully saturated rings. The van der Waals surface area contributed by atoms with Crippen molar-refractivity contribution in [3.8, 4) is 11.5 Å². The Balaban J connectivity index is 2.19. The number of methoxy groups -OCH3 is 1. The van der Waals surface area contributed by atoms with Gasteiger partial charge in [0.15, 0.2) is 11.6 Å². The maximum Gasteiger partial charge on any atom is 0.337 e. The lowest BCUT2D eigenvalue weighted by molar-refractivity contribution is 0.0600. The van der Waals surface area contributed by atoms with Crippen LogP contribution in [-0.4, -0.2) is 13.1 Å². The first-order chi connectivity index (χ1) is 10.3. The van der Waals surface area contributed by atoms with Crippen molar-refractivity contribution in [1.29, 1.82) is 0 Å². The maximum absolute atomic E-state index is 14.0. The van der Waals surface area contributed by atoms with E-state index in [4.69, 9.17) is 4.74 Å². The predicted molar refractivity (Wildman–Crippen MR) is 83.0 cm³/mol. The molecular formula is C18H19FO3. The molecule has 0 bridgehead atoms. The van der Waals surface area contributed by atoms with Gasteiger partial charge in [-0.05, 0) is 41.3 Å². The highest BCUT2D eigenvalue weighted by atomic mass is 19.1. The van der Waals surface area contributed by atoms with Gasteiger partial charge < -0.3 is 9.47 Å². The Morgan fingerprint density at radius 3 is 2.18 bits per heavy atom. The lowest BCUT2D eigenvalue weighted by Gasteiger charge is -2.19. The normalized spacial score (nSPS) is 11.1. The molecule has 2 aromatic rings. The Morgan fingerprint density at radius 1 is 1.05 bits per heavy atom. The Labute approximate surface area is 129 Å². The van der Waals surface area contributed by atoms with Gasteiger partial charge in [-0.15, -0.1) is 0 Å². The first-order valence-corrected chi connectivity index (χ1v) is 6.97. The zero-order valence-electron chi connectivity index (χ0n) is 13.1. The summed E-state index contributed by atoms with van der Waals surface area (Å²) in [5.74, 6) is -0.586. The van der Waals surface area contributed by atoms with Crippen molar-refractivity contribution in [2.45, 2.75) is 26.2 Å². The molecule has 0 aromatic heterocycles. The van der Waals surface area contributed by atoms with Crippen LogP contribution >= 0.6 is 0 Å². The SMILES string of the molecule is COC(=O)c1ccc(Oc2ccc(C(C)(C)C)cc2)c(F)c1. The molecule has 0 radical (unpaired) electrons. The fourth-order valence-corrected chi connectivity index (χ4v) is 1.98. The smallest absolute Gasteiger partial charge is 0.337 e. The summed E-state index contributed by atoms with van der Waals surface area (Å²) in [6, 6.07) is 11.5. The van der Waals surface area contributed by atoms with Gasteiger partial charge in [0.1, 0.15) is 5.75 Å². The van der Waals surface area contributed by atoms with Crippen LogP contribution in [0.4, 0.5) is 4.39 Å². The van der Waals surface area contributed by atoms with Crippen LogP contribution in [0.3, 0.4) is 0 Å². The van der Waals surface area contributed by atoms with Gasteiger partial charge in [-0.2, -0.15) is 0 Å². The van der Waals surface area contributed by atoms with Gasteiger partial charge in [0.05, 0.1) is 12.7 Å². The largest absolute Gasteiger partial charge is 0.465 e. The van der Waals surface area contributed by atoms with E-state index in [0.717, 1.165) is 6.07 Å². The third kappa shape index (κ3) is 3.64. The van der Waals surface area contributed by atoms with Gasteiger partial charge in [-0.3, -0.25) is 0 Å². The molecule has 0 spiro atoms. The van der Waals surface area contributed by atoms with E-state index in [9.17, 15) is 9.18 Å². The van der Waals surface area contributed by atoms with E-state index in [1.54, 1.807) is 12.1 Å². The highest BCUT2D eigenvalue weighted by Gasteiger charge is 2.14. The molecule has 2 aromatic carbocycles. The van der Waals surface area contributed by atoms with Gasteiger partial charge in [0.2, 0.25) is 0 Å². The average Bonchev–Trinajstić information content (AvgIpc) is 2.48. The summed E-state index contributed by atoms with van der Waals surface area (Å²) < 4.78 is 24.0. The molecule has 0 saturated carbocycles. The molecule has 0 saturated heterocycles. The van der Waals surface area contributed by atoms with Crippen molar-refractivity contribution in [3.05, 3.63) is 59.4 Å². The summed E-state index contributed by atoms with van der Waals surface area (Å²) in [5, 5.41) is 0. The van der Waals surface area contributed by atoms with Crippen molar-refractivity contribution in [2.75, 3.05) is 7.11 Å². The average molecular weight is 302 g/mol. The highest BCUT2D eigenvalue weighted by Crippen LogP contribution is 2.28. The van der Waals surface area contributed by atoms with Gasteiger partial charge in [0.25, 0.3) is 0 Å². The summed E-state index contributed by atoms with van der Waals surface area (Å²) in [5.41, 5.74) is 1.36. The Hall–Kier alpha value is -2.36. The van der Waals surface area contributed by atoms with Crippen molar-refractivity contribution in [1.82, 2.24) is 0 Å². The van der Waals surface area contributed by atoms with E-state index in [1.165, 1.54) is 24.8 Å². The molecule has 0 unspecified atom stereocenters. The minimum atomic E-state index is -0.609. The van der Waals surface area contributed by atoms with Crippen LogP contribution in [0.1, 0.15) is 36.7 Å². The standard InChI is InChI=1S/C18H19FO3/c1-18(2,3)13-6-8-14(9-7-13)22-16-10-5-12(11-15(16)19)17(20)21-4/h5-11H,1-4H3. The fraction of sp³-hybridized carbons (Fsp3) is 0.278. The summed E-state index contributed by atoms with van der Waals surface area (Å²) in [6.45, 7) is 6.36. The quantitative estimate of drug-likeness (QED) is 0.771. The van der Waals surface area contributed by atoms with Gasteiger partial charge in [0, 0.05) is 0 Å². The lowest BCUT2D eigenvalue weighted by Crippen LogP contribution is -2.10. The summed E-state index contributed by atoms with van der Waals surface area (Å²) in [7, 11) is 1.25. The van der Waals surface area contributed by atoms with Crippen LogP contribution in [0.15, 0.2) is 42.5 Å². The molecule has 0 aliphatic heterocycles. The second-order valence-corrected chi connectivity index (χ2v) is 6.01. The van der Waals surface area contributed by atoms with Crippen LogP contribution < -0.4 is 4.74 Å². The van der Waals surface area contributed by atoms with E-state index >= 15 is 0 Å². The number of carbonyl (C=O) groups excluding carboxylic acids is 1. The third-order valence-corrected chi connectivity index (χ3v) is 3.30. The molecule has 0 aliphatic carbocycles. The Kier molecular flexibility index (Phi) is 4.50. The van der Waals surface area contributed by atoms with Crippen LogP contribution in [0.25, 0.3) is 0 Å². The van der Waals surface area contributed by atoms with Crippen molar-refractivity contribution in [2.24, 2.45) is 0 Å². The fourth-order valence-electron chi connectivity index (χ4n) is 1.98. The molecular weight excluding hydrogens is 283 g/mol. The summed E-state index contributed by atoms with van der Waals surface area (Å²) in [4.78, 5) is 11.3. The van der Waals surface area contributed by atoms with E-state index in [0.29, 0.717) is 5.75 Å². The summed E-state index contributed by atoms with van der Waals surface area (Å²) in [6.07, 6.45) is 0. The van der Waals surface area contributed by atoms with E-state index < -0.39 is 11.8 Å². The number of ether oxygens (including phenoxy) is 2. The van der Waals surface area contributed by atoms with Crippen molar-refractivity contribution >= 4 is 5.97 Å². The number of carbonyl (C=O) groups is 1. The van der Waals surface area contributed by atoms with E-state index in [1.807, 2.05) is 12.1 Å². The minimum Gasteiger partial charge on any atom is -0.465 e. The molecule has 0 amide bonds. The molecule has 3 nitrogen and oxygen atoms in total. The van der Waals surface area contributed by atoms with Crippen molar-refractivity contribution in [3.63, 3.8) is 0 Å². The Bertz CT molecular complexity index is 670. The number of hydrogen-bond acceptors (Lipinski definition) is 3. The number of esters is 1. The first kappa shape index (κ1) is 16.0. The number of halogens is 1. The molecule has 4 heteroatoms. The van der Waals surface area contributed by atoms with Crippen molar-refractivity contribution < 1.29 is 18.7 Å². The highest BCUT2D eigenvalue weighted by molar-refractivity contribution is 5.89. The number of hydrogen-bond donors (Lipinski definition) is 0. The molecule has 2 rings (SSSR count). The van der Waals surface area contributed by atoms with E-state index in [2.05, 4.69) is 25.5 Å². The molecule has 116 valence electrons. The van der Waals surface area contributed by atoms with E-state index in [-0.39, 0.29) is 16.7 Å². The molecule has 0 N–H and O–H groups in total. The minimum absolute atomic E-state index is 0.0476. The number of benzene rings is 2. The van der Waals surface area contributed by atoms with Crippen LogP contribution in [0.5, 0.6) is 11.5 Å². The Morgan fingerprint density at radius 2 is 1.68 bits per heavy atom. The number of rotatable bonds is 3. The summed E-state index contributed by atoms with van der Waals surface area (Å²) >= 11 is 0. The third-order valence-electron chi connectivity index (χ3n) is 3.30.